The van der Waals surface area contributed by atoms with Crippen LogP contribution >= 0.6 is 0 Å². The Morgan fingerprint density at radius 3 is 2.55 bits per heavy atom. The van der Waals surface area contributed by atoms with Gasteiger partial charge in [0.1, 0.15) is 0 Å². The fraction of sp³-hybridized carbons (Fsp3) is 0.929. The molecule has 0 bridgehead atoms. The van der Waals surface area contributed by atoms with Crippen molar-refractivity contribution >= 4 is 5.71 Å². The Bertz CT molecular complexity index is 490. The van der Waals surface area contributed by atoms with Crippen LogP contribution in [0.4, 0.5) is 13.2 Å². The summed E-state index contributed by atoms with van der Waals surface area (Å²) in [7, 11) is 0. The molecule has 0 aromatic heterocycles. The van der Waals surface area contributed by atoms with E-state index in [0.717, 1.165) is 0 Å². The van der Waals surface area contributed by atoms with Crippen LogP contribution in [0.5, 0.6) is 0 Å². The Balaban J connectivity index is 2.16. The number of rotatable bonds is 1. The molecular formula is C14H21F3N2O3. The number of hydrogen-bond donors (Lipinski definition) is 1. The van der Waals surface area contributed by atoms with E-state index in [9.17, 15) is 23.5 Å². The monoisotopic (exact) mass is 322 g/mol. The molecule has 2 aliphatic heterocycles. The molecule has 5 nitrogen and oxygen atoms in total. The van der Waals surface area contributed by atoms with Gasteiger partial charge in [0.05, 0.1) is 19.1 Å². The maximum atomic E-state index is 14.2. The molecule has 1 N–H and O–H groups in total. The van der Waals surface area contributed by atoms with Gasteiger partial charge in [0.2, 0.25) is 5.54 Å². The van der Waals surface area contributed by atoms with Crippen LogP contribution < -0.4 is 0 Å². The van der Waals surface area contributed by atoms with Gasteiger partial charge in [-0.15, -0.1) is 0 Å². The van der Waals surface area contributed by atoms with Crippen molar-refractivity contribution < 1.29 is 27.8 Å². The van der Waals surface area contributed by atoms with Gasteiger partial charge in [0.15, 0.2) is 5.71 Å². The molecule has 0 aromatic rings. The standard InChI is InChI=1S/C14H21F3N2O3/c1-10-13(14(15,16)17,18-6-8-22-9-7-18)11-4-2-3-5-12(11,20)19(10)21/h11,20H,2-9H2,1H3/t11-,12-,13-/m0/s1. The van der Waals surface area contributed by atoms with Crippen LogP contribution in [0.3, 0.4) is 0 Å². The molecule has 3 atom stereocenters. The number of hydrogen-bond acceptors (Lipinski definition) is 4. The second kappa shape index (κ2) is 5.07. The van der Waals surface area contributed by atoms with E-state index in [0.29, 0.717) is 12.8 Å². The number of halogens is 3. The summed E-state index contributed by atoms with van der Waals surface area (Å²) in [5.74, 6) is -1.15. The van der Waals surface area contributed by atoms with E-state index in [1.54, 1.807) is 0 Å². The molecule has 3 aliphatic rings. The topological polar surface area (TPSA) is 58.8 Å². The molecule has 2 fully saturated rings. The molecule has 126 valence electrons. The molecule has 0 radical (unpaired) electrons. The first kappa shape index (κ1) is 16.0. The Morgan fingerprint density at radius 2 is 1.95 bits per heavy atom. The molecule has 3 rings (SSSR count). The molecule has 0 unspecified atom stereocenters. The van der Waals surface area contributed by atoms with Crippen molar-refractivity contribution in [1.29, 1.82) is 0 Å². The molecule has 1 saturated heterocycles. The number of morpholine rings is 1. The lowest BCUT2D eigenvalue weighted by atomic mass is 9.69. The molecule has 1 aliphatic carbocycles. The van der Waals surface area contributed by atoms with Gasteiger partial charge in [-0.25, -0.2) is 0 Å². The average molecular weight is 322 g/mol. The molecule has 22 heavy (non-hydrogen) atoms. The van der Waals surface area contributed by atoms with E-state index in [-0.39, 0.29) is 49.6 Å². The number of fused-ring (bicyclic) bond motifs is 1. The van der Waals surface area contributed by atoms with E-state index in [4.69, 9.17) is 4.74 Å². The number of ether oxygens (including phenoxy) is 1. The fourth-order valence-corrected chi connectivity index (χ4v) is 4.57. The summed E-state index contributed by atoms with van der Waals surface area (Å²) < 4.78 is 48.0. The summed E-state index contributed by atoms with van der Waals surface area (Å²) in [5.41, 5.74) is -4.67. The van der Waals surface area contributed by atoms with E-state index < -0.39 is 23.4 Å². The molecule has 0 amide bonds. The lowest BCUT2D eigenvalue weighted by molar-refractivity contribution is -0.613. The van der Waals surface area contributed by atoms with Gasteiger partial charge in [-0.1, -0.05) is 6.42 Å². The van der Waals surface area contributed by atoms with Gasteiger partial charge in [0, 0.05) is 26.4 Å². The maximum absolute atomic E-state index is 14.2. The largest absolute Gasteiger partial charge is 0.622 e. The minimum Gasteiger partial charge on any atom is -0.622 e. The van der Waals surface area contributed by atoms with E-state index in [2.05, 4.69) is 0 Å². The van der Waals surface area contributed by atoms with Crippen molar-refractivity contribution in [3.8, 4) is 0 Å². The normalized spacial score (nSPS) is 40.9. The van der Waals surface area contributed by atoms with Crippen LogP contribution in [-0.4, -0.2) is 64.2 Å². The van der Waals surface area contributed by atoms with E-state index in [1.165, 1.54) is 11.8 Å². The minimum atomic E-state index is -4.62. The summed E-state index contributed by atoms with van der Waals surface area (Å²) in [5, 5.41) is 23.2. The molecule has 0 aromatic carbocycles. The highest BCUT2D eigenvalue weighted by Crippen LogP contribution is 2.55. The van der Waals surface area contributed by atoms with Crippen LogP contribution in [0.1, 0.15) is 32.6 Å². The number of nitrogens with zero attached hydrogens (tertiary/aromatic N) is 2. The molecule has 2 heterocycles. The minimum absolute atomic E-state index is 0.0840. The summed E-state index contributed by atoms with van der Waals surface area (Å²) >= 11 is 0. The maximum Gasteiger partial charge on any atom is 0.417 e. The quantitative estimate of drug-likeness (QED) is 0.587. The van der Waals surface area contributed by atoms with Crippen molar-refractivity contribution in [3.05, 3.63) is 5.21 Å². The summed E-state index contributed by atoms with van der Waals surface area (Å²) in [6.07, 6.45) is -3.18. The predicted molar refractivity (Wildman–Crippen MR) is 72.4 cm³/mol. The van der Waals surface area contributed by atoms with Gasteiger partial charge < -0.3 is 15.1 Å². The Morgan fingerprint density at radius 1 is 1.32 bits per heavy atom. The molecule has 1 saturated carbocycles. The second-order valence-corrected chi connectivity index (χ2v) is 6.42. The SMILES string of the molecule is CC1=[N+]([O-])[C@]2(O)CCCC[C@@H]2[C@]1(N1CCOCC1)C(F)(F)F. The molecule has 0 spiro atoms. The van der Waals surface area contributed by atoms with Crippen LogP contribution in [-0.2, 0) is 4.74 Å². The van der Waals surface area contributed by atoms with E-state index in [1.807, 2.05) is 0 Å². The van der Waals surface area contributed by atoms with Crippen molar-refractivity contribution in [3.63, 3.8) is 0 Å². The van der Waals surface area contributed by atoms with Gasteiger partial charge in [-0.2, -0.15) is 17.9 Å². The third-order valence-corrected chi connectivity index (χ3v) is 5.50. The lowest BCUT2D eigenvalue weighted by Gasteiger charge is -2.47. The summed E-state index contributed by atoms with van der Waals surface area (Å²) in [6, 6.07) is 0. The first-order chi connectivity index (χ1) is 10.3. The highest BCUT2D eigenvalue weighted by atomic mass is 19.4. The first-order valence-corrected chi connectivity index (χ1v) is 7.69. The third-order valence-electron chi connectivity index (χ3n) is 5.50. The zero-order valence-electron chi connectivity index (χ0n) is 12.5. The Hall–Kier alpha value is -0.860. The van der Waals surface area contributed by atoms with Gasteiger partial charge >= 0.3 is 6.18 Å². The Kier molecular flexibility index (Phi) is 3.69. The van der Waals surface area contributed by atoms with Gasteiger partial charge in [0.25, 0.3) is 5.72 Å². The van der Waals surface area contributed by atoms with Gasteiger partial charge in [-0.05, 0) is 12.8 Å². The van der Waals surface area contributed by atoms with E-state index >= 15 is 0 Å². The first-order valence-electron chi connectivity index (χ1n) is 7.69. The van der Waals surface area contributed by atoms with Crippen LogP contribution in [0.2, 0.25) is 0 Å². The van der Waals surface area contributed by atoms with Crippen molar-refractivity contribution in [2.24, 2.45) is 5.92 Å². The number of hydroxylamine groups is 1. The number of alkyl halides is 3. The molecular weight excluding hydrogens is 301 g/mol. The zero-order valence-corrected chi connectivity index (χ0v) is 12.5. The smallest absolute Gasteiger partial charge is 0.417 e. The lowest BCUT2D eigenvalue weighted by Crippen LogP contribution is -2.70. The van der Waals surface area contributed by atoms with Crippen LogP contribution in [0.15, 0.2) is 0 Å². The van der Waals surface area contributed by atoms with Crippen molar-refractivity contribution in [1.82, 2.24) is 4.90 Å². The van der Waals surface area contributed by atoms with Crippen molar-refractivity contribution in [2.45, 2.75) is 50.0 Å². The summed E-state index contributed by atoms with van der Waals surface area (Å²) in [4.78, 5) is 1.30. The zero-order chi connectivity index (χ0) is 16.2. The molecule has 8 heteroatoms. The highest BCUT2D eigenvalue weighted by molar-refractivity contribution is 5.90. The second-order valence-electron chi connectivity index (χ2n) is 6.42. The predicted octanol–water partition coefficient (Wildman–Crippen LogP) is 1.48. The van der Waals surface area contributed by atoms with Crippen LogP contribution in [0, 0.1) is 11.1 Å². The Labute approximate surface area is 126 Å². The van der Waals surface area contributed by atoms with Crippen molar-refractivity contribution in [2.75, 3.05) is 26.3 Å². The fourth-order valence-electron chi connectivity index (χ4n) is 4.57. The highest BCUT2D eigenvalue weighted by Gasteiger charge is 2.78. The number of aliphatic hydroxyl groups is 1. The van der Waals surface area contributed by atoms with Gasteiger partial charge in [-0.3, -0.25) is 4.90 Å². The third kappa shape index (κ3) is 1.86. The van der Waals surface area contributed by atoms with Crippen LogP contribution in [0.25, 0.3) is 0 Å². The average Bonchev–Trinajstić information content (AvgIpc) is 2.66. The summed E-state index contributed by atoms with van der Waals surface area (Å²) in [6.45, 7) is 1.84.